The predicted octanol–water partition coefficient (Wildman–Crippen LogP) is 1.98. The fraction of sp³-hybridized carbons (Fsp3) is 0.533. The molecule has 1 aromatic rings. The lowest BCUT2D eigenvalue weighted by atomic mass is 10.1. The van der Waals surface area contributed by atoms with Crippen molar-refractivity contribution < 1.29 is 19.4 Å². The Morgan fingerprint density at radius 3 is 2.60 bits per heavy atom. The van der Waals surface area contributed by atoms with E-state index >= 15 is 0 Å². The molecule has 112 valence electrons. The first kappa shape index (κ1) is 16.3. The Bertz CT molecular complexity index is 445. The number of carbonyl (C=O) groups is 1. The number of amides is 1. The highest BCUT2D eigenvalue weighted by Gasteiger charge is 2.14. The summed E-state index contributed by atoms with van der Waals surface area (Å²) in [4.78, 5) is 12.1. The average Bonchev–Trinajstić information content (AvgIpc) is 2.38. The Hall–Kier alpha value is -1.75. The molecular formula is C15H23NO4. The molecule has 2 unspecified atom stereocenters. The van der Waals surface area contributed by atoms with Crippen LogP contribution in [0.1, 0.15) is 37.6 Å². The van der Waals surface area contributed by atoms with Gasteiger partial charge in [-0.1, -0.05) is 0 Å². The topological polar surface area (TPSA) is 67.8 Å². The van der Waals surface area contributed by atoms with Crippen molar-refractivity contribution >= 4 is 5.91 Å². The molecule has 0 spiro atoms. The summed E-state index contributed by atoms with van der Waals surface area (Å²) in [5.74, 6) is 0.950. The van der Waals surface area contributed by atoms with Crippen molar-refractivity contribution in [3.63, 3.8) is 0 Å². The lowest BCUT2D eigenvalue weighted by Crippen LogP contribution is -2.34. The molecule has 20 heavy (non-hydrogen) atoms. The fourth-order valence-electron chi connectivity index (χ4n) is 1.96. The summed E-state index contributed by atoms with van der Waals surface area (Å²) in [6, 6.07) is 4.96. The molecular weight excluding hydrogens is 258 g/mol. The molecule has 1 amide bonds. The van der Waals surface area contributed by atoms with E-state index in [0.29, 0.717) is 30.1 Å². The summed E-state index contributed by atoms with van der Waals surface area (Å²) in [7, 11) is 1.54. The number of benzene rings is 1. The SMILES string of the molecule is CCOc1ccc(C(=O)NC(C)CC(C)O)cc1OC. The van der Waals surface area contributed by atoms with E-state index in [-0.39, 0.29) is 11.9 Å². The Morgan fingerprint density at radius 2 is 2.05 bits per heavy atom. The maximum atomic E-state index is 12.1. The van der Waals surface area contributed by atoms with Gasteiger partial charge in [-0.3, -0.25) is 4.79 Å². The van der Waals surface area contributed by atoms with Crippen LogP contribution in [0.4, 0.5) is 0 Å². The second kappa shape index (κ2) is 7.75. The minimum Gasteiger partial charge on any atom is -0.493 e. The Kier molecular flexibility index (Phi) is 6.31. The third-order valence-corrected chi connectivity index (χ3v) is 2.80. The largest absolute Gasteiger partial charge is 0.493 e. The van der Waals surface area contributed by atoms with E-state index in [0.717, 1.165) is 0 Å². The van der Waals surface area contributed by atoms with Gasteiger partial charge in [0.1, 0.15) is 0 Å². The van der Waals surface area contributed by atoms with Crippen LogP contribution in [0.15, 0.2) is 18.2 Å². The van der Waals surface area contributed by atoms with Crippen LogP contribution in [0.25, 0.3) is 0 Å². The van der Waals surface area contributed by atoms with Gasteiger partial charge >= 0.3 is 0 Å². The molecule has 0 fully saturated rings. The zero-order valence-electron chi connectivity index (χ0n) is 12.5. The van der Waals surface area contributed by atoms with E-state index in [1.165, 1.54) is 7.11 Å². The van der Waals surface area contributed by atoms with Gasteiger partial charge < -0.3 is 19.9 Å². The van der Waals surface area contributed by atoms with Crippen molar-refractivity contribution in [2.75, 3.05) is 13.7 Å². The zero-order chi connectivity index (χ0) is 15.1. The lowest BCUT2D eigenvalue weighted by Gasteiger charge is -2.16. The summed E-state index contributed by atoms with van der Waals surface area (Å²) in [5.41, 5.74) is 0.503. The number of methoxy groups -OCH3 is 1. The molecule has 0 aliphatic carbocycles. The molecule has 0 saturated carbocycles. The van der Waals surface area contributed by atoms with Crippen LogP contribution >= 0.6 is 0 Å². The highest BCUT2D eigenvalue weighted by molar-refractivity contribution is 5.95. The molecule has 1 aromatic carbocycles. The van der Waals surface area contributed by atoms with Gasteiger partial charge in [0.2, 0.25) is 0 Å². The molecule has 0 radical (unpaired) electrons. The van der Waals surface area contributed by atoms with Gasteiger partial charge in [-0.2, -0.15) is 0 Å². The standard InChI is InChI=1S/C15H23NO4/c1-5-20-13-7-6-12(9-14(13)19-4)15(18)16-10(2)8-11(3)17/h6-7,9-11,17H,5,8H2,1-4H3,(H,16,18). The minimum absolute atomic E-state index is 0.0972. The van der Waals surface area contributed by atoms with E-state index < -0.39 is 6.10 Å². The number of carbonyl (C=O) groups excluding carboxylic acids is 1. The highest BCUT2D eigenvalue weighted by atomic mass is 16.5. The van der Waals surface area contributed by atoms with Crippen LogP contribution in [-0.2, 0) is 0 Å². The van der Waals surface area contributed by atoms with Gasteiger partial charge in [-0.15, -0.1) is 0 Å². The summed E-state index contributed by atoms with van der Waals surface area (Å²) in [6.07, 6.45) is 0.0695. The molecule has 0 aliphatic rings. The zero-order valence-corrected chi connectivity index (χ0v) is 12.5. The molecule has 5 nitrogen and oxygen atoms in total. The number of hydrogen-bond acceptors (Lipinski definition) is 4. The van der Waals surface area contributed by atoms with Gasteiger partial charge in [0.25, 0.3) is 5.91 Å². The minimum atomic E-state index is -0.444. The summed E-state index contributed by atoms with van der Waals surface area (Å²) >= 11 is 0. The molecule has 0 heterocycles. The molecule has 0 saturated heterocycles. The Balaban J connectivity index is 2.78. The summed E-state index contributed by atoms with van der Waals surface area (Å²) in [5, 5.41) is 12.1. The molecule has 2 N–H and O–H groups in total. The van der Waals surface area contributed by atoms with E-state index in [2.05, 4.69) is 5.32 Å². The highest BCUT2D eigenvalue weighted by Crippen LogP contribution is 2.28. The number of aliphatic hydroxyl groups excluding tert-OH is 1. The third kappa shape index (κ3) is 4.74. The number of rotatable bonds is 7. The van der Waals surface area contributed by atoms with Gasteiger partial charge in [-0.05, 0) is 45.4 Å². The second-order valence-corrected chi connectivity index (χ2v) is 4.76. The van der Waals surface area contributed by atoms with Crippen LogP contribution < -0.4 is 14.8 Å². The van der Waals surface area contributed by atoms with E-state index in [1.54, 1.807) is 25.1 Å². The summed E-state index contributed by atoms with van der Waals surface area (Å²) < 4.78 is 10.6. The quantitative estimate of drug-likeness (QED) is 0.802. The first-order valence-electron chi connectivity index (χ1n) is 6.77. The van der Waals surface area contributed by atoms with Crippen molar-refractivity contribution in [2.24, 2.45) is 0 Å². The van der Waals surface area contributed by atoms with E-state index in [9.17, 15) is 9.90 Å². The van der Waals surface area contributed by atoms with Crippen LogP contribution in [0, 0.1) is 0 Å². The normalized spacial score (nSPS) is 13.4. The van der Waals surface area contributed by atoms with Crippen LogP contribution in [0.5, 0.6) is 11.5 Å². The number of aliphatic hydroxyl groups is 1. The molecule has 1 rings (SSSR count). The van der Waals surface area contributed by atoms with E-state index in [1.807, 2.05) is 13.8 Å². The molecule has 0 aliphatic heterocycles. The first-order chi connectivity index (χ1) is 9.47. The molecule has 5 heteroatoms. The monoisotopic (exact) mass is 281 g/mol. The van der Waals surface area contributed by atoms with Crippen molar-refractivity contribution in [3.05, 3.63) is 23.8 Å². The van der Waals surface area contributed by atoms with Gasteiger partial charge in [0, 0.05) is 11.6 Å². The molecule has 0 aromatic heterocycles. The van der Waals surface area contributed by atoms with Crippen molar-refractivity contribution in [3.8, 4) is 11.5 Å². The summed E-state index contributed by atoms with van der Waals surface area (Å²) in [6.45, 7) is 5.98. The van der Waals surface area contributed by atoms with Crippen molar-refractivity contribution in [1.29, 1.82) is 0 Å². The smallest absolute Gasteiger partial charge is 0.251 e. The second-order valence-electron chi connectivity index (χ2n) is 4.76. The Labute approximate surface area is 119 Å². The number of nitrogens with one attached hydrogen (secondary N) is 1. The first-order valence-corrected chi connectivity index (χ1v) is 6.77. The molecule has 0 bridgehead atoms. The van der Waals surface area contributed by atoms with Crippen molar-refractivity contribution in [1.82, 2.24) is 5.32 Å². The number of ether oxygens (including phenoxy) is 2. The Morgan fingerprint density at radius 1 is 1.35 bits per heavy atom. The van der Waals surface area contributed by atoms with Crippen LogP contribution in [0.3, 0.4) is 0 Å². The number of hydrogen-bond donors (Lipinski definition) is 2. The van der Waals surface area contributed by atoms with Gasteiger partial charge in [0.15, 0.2) is 11.5 Å². The van der Waals surface area contributed by atoms with Crippen LogP contribution in [0.2, 0.25) is 0 Å². The molecule has 2 atom stereocenters. The van der Waals surface area contributed by atoms with Gasteiger partial charge in [-0.25, -0.2) is 0 Å². The van der Waals surface area contributed by atoms with E-state index in [4.69, 9.17) is 9.47 Å². The lowest BCUT2D eigenvalue weighted by molar-refractivity contribution is 0.0922. The average molecular weight is 281 g/mol. The predicted molar refractivity (Wildman–Crippen MR) is 77.4 cm³/mol. The third-order valence-electron chi connectivity index (χ3n) is 2.80. The maximum Gasteiger partial charge on any atom is 0.251 e. The van der Waals surface area contributed by atoms with Crippen molar-refractivity contribution in [2.45, 2.75) is 39.3 Å². The fourth-order valence-corrected chi connectivity index (χ4v) is 1.96. The van der Waals surface area contributed by atoms with Gasteiger partial charge in [0.05, 0.1) is 19.8 Å². The van der Waals surface area contributed by atoms with Crippen LogP contribution in [-0.4, -0.2) is 36.9 Å². The maximum absolute atomic E-state index is 12.1.